The van der Waals surface area contributed by atoms with E-state index in [1.54, 1.807) is 12.1 Å². The molecule has 1 heterocycles. The molecule has 0 unspecified atom stereocenters. The van der Waals surface area contributed by atoms with Crippen LogP contribution in [-0.2, 0) is 15.8 Å². The van der Waals surface area contributed by atoms with Crippen molar-refractivity contribution in [2.24, 2.45) is 0 Å². The topological polar surface area (TPSA) is 119 Å². The summed E-state index contributed by atoms with van der Waals surface area (Å²) in [5, 5.41) is 13.3. The first-order valence-electron chi connectivity index (χ1n) is 10.2. The first-order valence-corrected chi connectivity index (χ1v) is 11.0. The number of urea groups is 1. The van der Waals surface area contributed by atoms with Crippen LogP contribution in [0.25, 0.3) is 6.08 Å². The zero-order valence-corrected chi connectivity index (χ0v) is 19.9. The van der Waals surface area contributed by atoms with Gasteiger partial charge in [0.1, 0.15) is 11.3 Å². The average Bonchev–Trinajstić information content (AvgIpc) is 2.83. The molecule has 0 bridgehead atoms. The van der Waals surface area contributed by atoms with Crippen molar-refractivity contribution in [1.29, 1.82) is 0 Å². The predicted molar refractivity (Wildman–Crippen MR) is 128 cm³/mol. The van der Waals surface area contributed by atoms with Crippen molar-refractivity contribution in [2.75, 3.05) is 4.90 Å². The first-order chi connectivity index (χ1) is 17.4. The van der Waals surface area contributed by atoms with Crippen LogP contribution in [0.15, 0.2) is 76.8 Å². The Kier molecular flexibility index (Phi) is 6.81. The van der Waals surface area contributed by atoms with E-state index in [2.05, 4.69) is 21.2 Å². The summed E-state index contributed by atoms with van der Waals surface area (Å²) >= 11 is 3.26. The highest BCUT2D eigenvalue weighted by atomic mass is 79.9. The molecule has 0 aliphatic carbocycles. The van der Waals surface area contributed by atoms with Crippen LogP contribution < -0.4 is 15.0 Å². The second kappa shape index (κ2) is 9.85. The van der Waals surface area contributed by atoms with Gasteiger partial charge in [-0.05, 0) is 60.2 Å². The van der Waals surface area contributed by atoms with Gasteiger partial charge in [0, 0.05) is 10.5 Å². The fourth-order valence-corrected chi connectivity index (χ4v) is 3.59. The highest BCUT2D eigenvalue weighted by molar-refractivity contribution is 9.10. The molecule has 4 amide bonds. The number of nitrogens with zero attached hydrogens (tertiary/aromatic N) is 2. The van der Waals surface area contributed by atoms with Crippen molar-refractivity contribution >= 4 is 51.2 Å². The Hall–Kier alpha value is -4.52. The van der Waals surface area contributed by atoms with Gasteiger partial charge in [-0.3, -0.25) is 25.0 Å². The van der Waals surface area contributed by atoms with Crippen LogP contribution in [-0.4, -0.2) is 22.8 Å². The Morgan fingerprint density at radius 1 is 0.973 bits per heavy atom. The second-order valence-electron chi connectivity index (χ2n) is 7.54. The maximum Gasteiger partial charge on any atom is 0.416 e. The summed E-state index contributed by atoms with van der Waals surface area (Å²) in [5.74, 6) is -2.11. The van der Waals surface area contributed by atoms with Crippen molar-refractivity contribution in [1.82, 2.24) is 5.32 Å². The highest BCUT2D eigenvalue weighted by Crippen LogP contribution is 2.38. The van der Waals surface area contributed by atoms with Crippen molar-refractivity contribution in [3.05, 3.63) is 98.0 Å². The van der Waals surface area contributed by atoms with Gasteiger partial charge in [0.15, 0.2) is 0 Å². The van der Waals surface area contributed by atoms with Gasteiger partial charge in [-0.15, -0.1) is 0 Å². The van der Waals surface area contributed by atoms with Gasteiger partial charge in [-0.2, -0.15) is 13.2 Å². The summed E-state index contributed by atoms with van der Waals surface area (Å²) in [6.07, 6.45) is -3.53. The summed E-state index contributed by atoms with van der Waals surface area (Å²) in [5.41, 5.74) is -1.80. The molecule has 0 aromatic heterocycles. The lowest BCUT2D eigenvalue weighted by molar-refractivity contribution is -0.385. The molecule has 0 radical (unpaired) electrons. The third kappa shape index (κ3) is 5.51. The molecule has 1 saturated heterocycles. The SMILES string of the molecule is O=C1NC(=O)N(c2ccc(Br)cc2)C(=O)/C1=C\c1ccc(Oc2ccc(C(F)(F)F)cc2[N+](=O)[O-])cc1. The fraction of sp³-hybridized carbons (Fsp3) is 0.0417. The molecule has 13 heteroatoms. The average molecular weight is 576 g/mol. The van der Waals surface area contributed by atoms with E-state index in [0.29, 0.717) is 17.7 Å². The lowest BCUT2D eigenvalue weighted by atomic mass is 10.1. The smallest absolute Gasteiger partial charge is 0.416 e. The number of benzene rings is 3. The largest absolute Gasteiger partial charge is 0.450 e. The number of anilines is 1. The summed E-state index contributed by atoms with van der Waals surface area (Å²) < 4.78 is 44.8. The molecular formula is C24H13BrF3N3O6. The molecule has 0 atom stereocenters. The van der Waals surface area contributed by atoms with Crippen molar-refractivity contribution < 1.29 is 37.2 Å². The highest BCUT2D eigenvalue weighted by Gasteiger charge is 2.37. The minimum Gasteiger partial charge on any atom is -0.450 e. The Morgan fingerprint density at radius 2 is 1.62 bits per heavy atom. The maximum absolute atomic E-state index is 12.9. The van der Waals surface area contributed by atoms with Crippen LogP contribution in [0.3, 0.4) is 0 Å². The monoisotopic (exact) mass is 575 g/mol. The lowest BCUT2D eigenvalue weighted by Crippen LogP contribution is -2.54. The Morgan fingerprint density at radius 3 is 2.22 bits per heavy atom. The molecule has 4 rings (SSSR count). The zero-order valence-electron chi connectivity index (χ0n) is 18.3. The number of barbiturate groups is 1. The van der Waals surface area contributed by atoms with E-state index in [-0.39, 0.29) is 17.0 Å². The number of nitro benzene ring substituents is 1. The van der Waals surface area contributed by atoms with Gasteiger partial charge < -0.3 is 4.74 Å². The number of hydrogen-bond donors (Lipinski definition) is 1. The number of nitrogens with one attached hydrogen (secondary N) is 1. The Labute approximate surface area is 214 Å². The van der Waals surface area contributed by atoms with Crippen LogP contribution >= 0.6 is 15.9 Å². The third-order valence-corrected chi connectivity index (χ3v) is 5.62. The Balaban J connectivity index is 1.58. The van der Waals surface area contributed by atoms with E-state index in [1.807, 2.05) is 0 Å². The summed E-state index contributed by atoms with van der Waals surface area (Å²) in [4.78, 5) is 48.6. The minimum absolute atomic E-state index is 0.0519. The fourth-order valence-electron chi connectivity index (χ4n) is 3.33. The van der Waals surface area contributed by atoms with Gasteiger partial charge in [0.05, 0.1) is 16.2 Å². The number of rotatable bonds is 5. The van der Waals surface area contributed by atoms with Gasteiger partial charge in [0.2, 0.25) is 5.75 Å². The summed E-state index contributed by atoms with van der Waals surface area (Å²) in [7, 11) is 0. The van der Waals surface area contributed by atoms with Crippen LogP contribution in [0.4, 0.5) is 29.3 Å². The van der Waals surface area contributed by atoms with Crippen molar-refractivity contribution in [2.45, 2.75) is 6.18 Å². The van der Waals surface area contributed by atoms with Gasteiger partial charge in [-0.25, -0.2) is 9.69 Å². The van der Waals surface area contributed by atoms with Gasteiger partial charge in [0.25, 0.3) is 11.8 Å². The molecule has 0 saturated carbocycles. The molecule has 37 heavy (non-hydrogen) atoms. The molecule has 9 nitrogen and oxygen atoms in total. The maximum atomic E-state index is 12.9. The lowest BCUT2D eigenvalue weighted by Gasteiger charge is -2.26. The van der Waals surface area contributed by atoms with E-state index < -0.39 is 45.9 Å². The first kappa shape index (κ1) is 25.6. The van der Waals surface area contributed by atoms with Crippen molar-refractivity contribution in [3.8, 4) is 11.5 Å². The van der Waals surface area contributed by atoms with E-state index in [0.717, 1.165) is 15.4 Å². The molecule has 1 aliphatic heterocycles. The minimum atomic E-state index is -4.77. The molecule has 1 aliphatic rings. The van der Waals surface area contributed by atoms with Crippen LogP contribution in [0, 0.1) is 10.1 Å². The van der Waals surface area contributed by atoms with E-state index in [1.165, 1.54) is 42.5 Å². The molecule has 0 spiro atoms. The second-order valence-corrected chi connectivity index (χ2v) is 8.46. The standard InChI is InChI=1S/C24H13BrF3N3O6/c25-15-4-6-16(7-5-15)30-22(33)18(21(32)29-23(30)34)11-13-1-8-17(9-2-13)37-20-10-3-14(24(26,27)28)12-19(20)31(35)36/h1-12H,(H,29,32,34)/b18-11-. The zero-order chi connectivity index (χ0) is 26.9. The molecule has 3 aromatic carbocycles. The number of carbonyl (C=O) groups is 3. The number of alkyl halides is 3. The molecule has 3 aromatic rings. The van der Waals surface area contributed by atoms with Crippen LogP contribution in [0.1, 0.15) is 11.1 Å². The molecule has 1 N–H and O–H groups in total. The number of ether oxygens (including phenoxy) is 1. The van der Waals surface area contributed by atoms with E-state index in [9.17, 15) is 37.7 Å². The predicted octanol–water partition coefficient (Wildman–Crippen LogP) is 5.83. The van der Waals surface area contributed by atoms with Gasteiger partial charge in [-0.1, -0.05) is 28.1 Å². The third-order valence-electron chi connectivity index (χ3n) is 5.09. The summed E-state index contributed by atoms with van der Waals surface area (Å²) in [6, 6.07) is 12.8. The number of amides is 4. The molecule has 1 fully saturated rings. The van der Waals surface area contributed by atoms with E-state index in [4.69, 9.17) is 4.74 Å². The molecule has 188 valence electrons. The molecular weight excluding hydrogens is 563 g/mol. The van der Waals surface area contributed by atoms with Crippen LogP contribution in [0.5, 0.6) is 11.5 Å². The normalized spacial score (nSPS) is 15.1. The number of hydrogen-bond acceptors (Lipinski definition) is 6. The Bertz CT molecular complexity index is 1450. The van der Waals surface area contributed by atoms with Crippen molar-refractivity contribution in [3.63, 3.8) is 0 Å². The van der Waals surface area contributed by atoms with Gasteiger partial charge >= 0.3 is 17.9 Å². The number of imide groups is 2. The van der Waals surface area contributed by atoms with Crippen LogP contribution in [0.2, 0.25) is 0 Å². The summed E-state index contributed by atoms with van der Waals surface area (Å²) in [6.45, 7) is 0. The van der Waals surface area contributed by atoms with E-state index >= 15 is 0 Å². The number of nitro groups is 1. The number of carbonyl (C=O) groups excluding carboxylic acids is 3. The quantitative estimate of drug-likeness (QED) is 0.177. The number of halogens is 4.